The Balaban J connectivity index is 1.52. The molecule has 1 atom stereocenters. The zero-order valence-corrected chi connectivity index (χ0v) is 14.4. The molecular weight excluding hydrogens is 338 g/mol. The molecule has 128 valence electrons. The molecule has 0 spiro atoms. The molecule has 3 aromatic rings. The van der Waals surface area contributed by atoms with Crippen LogP contribution in [0.25, 0.3) is 5.69 Å². The summed E-state index contributed by atoms with van der Waals surface area (Å²) in [7, 11) is 0. The van der Waals surface area contributed by atoms with Gasteiger partial charge in [-0.25, -0.2) is 9.67 Å². The molecule has 2 N–H and O–H groups in total. The van der Waals surface area contributed by atoms with Crippen LogP contribution >= 0.6 is 11.3 Å². The minimum atomic E-state index is -0.241. The van der Waals surface area contributed by atoms with Crippen LogP contribution in [-0.2, 0) is 4.79 Å². The summed E-state index contributed by atoms with van der Waals surface area (Å²) in [6.07, 6.45) is 3.09. The Kier molecular flexibility index (Phi) is 5.20. The lowest BCUT2D eigenvalue weighted by molar-refractivity contribution is -0.120. The molecule has 2 amide bonds. The molecule has 0 saturated heterocycles. The molecule has 1 aromatic carbocycles. The van der Waals surface area contributed by atoms with Gasteiger partial charge in [0.05, 0.1) is 23.2 Å². The third-order valence-corrected chi connectivity index (χ3v) is 4.48. The van der Waals surface area contributed by atoms with Gasteiger partial charge in [0.15, 0.2) is 0 Å². The zero-order chi connectivity index (χ0) is 17.6. The third kappa shape index (κ3) is 4.30. The number of thiophene rings is 1. The van der Waals surface area contributed by atoms with Gasteiger partial charge in [-0.2, -0.15) is 5.10 Å². The van der Waals surface area contributed by atoms with E-state index in [0.717, 1.165) is 11.3 Å². The highest BCUT2D eigenvalue weighted by atomic mass is 32.1. The van der Waals surface area contributed by atoms with E-state index < -0.39 is 0 Å². The predicted octanol–water partition coefficient (Wildman–Crippen LogP) is 1.94. The number of hydrogen-bond acceptors (Lipinski definition) is 5. The van der Waals surface area contributed by atoms with Crippen LogP contribution in [0.15, 0.2) is 54.4 Å². The average Bonchev–Trinajstić information content (AvgIpc) is 3.33. The summed E-state index contributed by atoms with van der Waals surface area (Å²) in [5, 5.41) is 11.4. The van der Waals surface area contributed by atoms with Crippen LogP contribution in [0.3, 0.4) is 0 Å². The van der Waals surface area contributed by atoms with Crippen LogP contribution in [-0.4, -0.2) is 33.1 Å². The van der Waals surface area contributed by atoms with E-state index in [9.17, 15) is 9.59 Å². The first-order valence-electron chi connectivity index (χ1n) is 7.69. The van der Waals surface area contributed by atoms with E-state index in [1.807, 2.05) is 36.6 Å². The van der Waals surface area contributed by atoms with E-state index in [2.05, 4.69) is 20.7 Å². The molecule has 2 heterocycles. The van der Waals surface area contributed by atoms with Gasteiger partial charge in [0, 0.05) is 0 Å². The maximum atomic E-state index is 12.0. The van der Waals surface area contributed by atoms with E-state index in [0.29, 0.717) is 4.88 Å². The highest BCUT2D eigenvalue weighted by molar-refractivity contribution is 7.12. The molecular formula is C17H17N5O2S. The van der Waals surface area contributed by atoms with Gasteiger partial charge >= 0.3 is 0 Å². The topological polar surface area (TPSA) is 88.9 Å². The summed E-state index contributed by atoms with van der Waals surface area (Å²) in [5.74, 6) is -0.479. The smallest absolute Gasteiger partial charge is 0.261 e. The van der Waals surface area contributed by atoms with Crippen LogP contribution in [0.5, 0.6) is 0 Å². The Morgan fingerprint density at radius 1 is 1.24 bits per heavy atom. The van der Waals surface area contributed by atoms with Crippen molar-refractivity contribution in [1.29, 1.82) is 0 Å². The Morgan fingerprint density at radius 3 is 2.68 bits per heavy atom. The van der Waals surface area contributed by atoms with Crippen molar-refractivity contribution in [2.24, 2.45) is 0 Å². The molecule has 1 unspecified atom stereocenters. The van der Waals surface area contributed by atoms with Crippen LogP contribution in [0, 0.1) is 0 Å². The van der Waals surface area contributed by atoms with Gasteiger partial charge in [-0.15, -0.1) is 11.3 Å². The zero-order valence-electron chi connectivity index (χ0n) is 13.5. The summed E-state index contributed by atoms with van der Waals surface area (Å²) in [4.78, 5) is 28.3. The van der Waals surface area contributed by atoms with E-state index in [4.69, 9.17) is 0 Å². The van der Waals surface area contributed by atoms with Crippen molar-refractivity contribution >= 4 is 23.2 Å². The lowest BCUT2D eigenvalue weighted by Gasteiger charge is -2.15. The fourth-order valence-electron chi connectivity index (χ4n) is 2.29. The molecule has 0 bridgehead atoms. The fraction of sp³-hybridized carbons (Fsp3) is 0.176. The molecule has 0 saturated carbocycles. The quantitative estimate of drug-likeness (QED) is 0.707. The van der Waals surface area contributed by atoms with E-state index in [1.165, 1.54) is 17.7 Å². The van der Waals surface area contributed by atoms with Gasteiger partial charge in [0.2, 0.25) is 5.91 Å². The summed E-state index contributed by atoms with van der Waals surface area (Å²) in [5.41, 5.74) is 1.85. The maximum Gasteiger partial charge on any atom is 0.261 e. The molecule has 2 aromatic heterocycles. The summed E-state index contributed by atoms with van der Waals surface area (Å²) in [6, 6.07) is 11.0. The molecule has 7 nitrogen and oxygen atoms in total. The highest BCUT2D eigenvalue weighted by Crippen LogP contribution is 2.15. The van der Waals surface area contributed by atoms with Gasteiger partial charge < -0.3 is 10.6 Å². The average molecular weight is 355 g/mol. The number of carbonyl (C=O) groups is 2. The van der Waals surface area contributed by atoms with Crippen molar-refractivity contribution in [1.82, 2.24) is 25.4 Å². The number of carbonyl (C=O) groups excluding carboxylic acids is 2. The number of rotatable bonds is 6. The van der Waals surface area contributed by atoms with Gasteiger partial charge in [-0.1, -0.05) is 18.2 Å². The lowest BCUT2D eigenvalue weighted by Crippen LogP contribution is -2.37. The maximum absolute atomic E-state index is 12.0. The summed E-state index contributed by atoms with van der Waals surface area (Å²) >= 11 is 1.34. The normalized spacial score (nSPS) is 11.7. The Bertz CT molecular complexity index is 829. The number of hydrogen-bond donors (Lipinski definition) is 2. The molecule has 3 rings (SSSR count). The van der Waals surface area contributed by atoms with Crippen molar-refractivity contribution in [3.05, 3.63) is 64.9 Å². The predicted molar refractivity (Wildman–Crippen MR) is 94.6 cm³/mol. The van der Waals surface area contributed by atoms with E-state index in [-0.39, 0.29) is 24.4 Å². The largest absolute Gasteiger partial charge is 0.348 e. The van der Waals surface area contributed by atoms with Crippen LogP contribution in [0.2, 0.25) is 0 Å². The van der Waals surface area contributed by atoms with E-state index >= 15 is 0 Å². The number of nitrogens with one attached hydrogen (secondary N) is 2. The van der Waals surface area contributed by atoms with E-state index in [1.54, 1.807) is 23.1 Å². The van der Waals surface area contributed by atoms with Crippen LogP contribution in [0.1, 0.15) is 28.2 Å². The first-order chi connectivity index (χ1) is 12.1. The minimum Gasteiger partial charge on any atom is -0.348 e. The Hall–Kier alpha value is -3.00. The molecule has 0 aliphatic rings. The SMILES string of the molecule is CC(NC(=O)CNC(=O)c1cccs1)c1ccc(-n2cncn2)cc1. The van der Waals surface area contributed by atoms with Gasteiger partial charge in [-0.05, 0) is 36.1 Å². The van der Waals surface area contributed by atoms with Crippen molar-refractivity contribution < 1.29 is 9.59 Å². The highest BCUT2D eigenvalue weighted by Gasteiger charge is 2.12. The minimum absolute atomic E-state index is 0.0574. The molecule has 0 fully saturated rings. The monoisotopic (exact) mass is 355 g/mol. The van der Waals surface area contributed by atoms with Crippen molar-refractivity contribution in [2.45, 2.75) is 13.0 Å². The molecule has 0 aliphatic heterocycles. The Labute approximate surface area is 148 Å². The van der Waals surface area contributed by atoms with Crippen LogP contribution in [0.4, 0.5) is 0 Å². The van der Waals surface area contributed by atoms with Gasteiger partial charge in [0.25, 0.3) is 5.91 Å². The van der Waals surface area contributed by atoms with Gasteiger partial charge in [0.1, 0.15) is 12.7 Å². The third-order valence-electron chi connectivity index (χ3n) is 3.61. The number of amides is 2. The second kappa shape index (κ2) is 7.71. The second-order valence-electron chi connectivity index (χ2n) is 5.38. The Morgan fingerprint density at radius 2 is 2.04 bits per heavy atom. The number of aromatic nitrogens is 3. The van der Waals surface area contributed by atoms with Crippen molar-refractivity contribution in [2.75, 3.05) is 6.54 Å². The summed E-state index contributed by atoms with van der Waals surface area (Å²) in [6.45, 7) is 1.83. The molecule has 0 aliphatic carbocycles. The first kappa shape index (κ1) is 16.8. The molecule has 8 heteroatoms. The molecule has 25 heavy (non-hydrogen) atoms. The number of nitrogens with zero attached hydrogens (tertiary/aromatic N) is 3. The lowest BCUT2D eigenvalue weighted by atomic mass is 10.1. The standard InChI is InChI=1S/C17H17N5O2S/c1-12(13-4-6-14(7-5-13)22-11-18-10-20-22)21-16(23)9-19-17(24)15-3-2-8-25-15/h2-8,10-12H,9H2,1H3,(H,19,24)(H,21,23). The van der Waals surface area contributed by atoms with Crippen molar-refractivity contribution in [3.8, 4) is 5.69 Å². The molecule has 0 radical (unpaired) electrons. The summed E-state index contributed by atoms with van der Waals surface area (Å²) < 4.78 is 1.66. The number of benzene rings is 1. The first-order valence-corrected chi connectivity index (χ1v) is 8.57. The second-order valence-corrected chi connectivity index (χ2v) is 6.33. The van der Waals surface area contributed by atoms with Crippen LogP contribution < -0.4 is 10.6 Å². The fourth-order valence-corrected chi connectivity index (χ4v) is 2.93. The van der Waals surface area contributed by atoms with Gasteiger partial charge in [-0.3, -0.25) is 9.59 Å². The van der Waals surface area contributed by atoms with Crippen molar-refractivity contribution in [3.63, 3.8) is 0 Å².